The molecule has 1 fully saturated rings. The Morgan fingerprint density at radius 2 is 2.53 bits per heavy atom. The maximum atomic E-state index is 11.9. The van der Waals surface area contributed by atoms with Crippen molar-refractivity contribution in [1.29, 1.82) is 0 Å². The number of nitrogens with zero attached hydrogens (tertiary/aromatic N) is 2. The molecule has 19 heavy (non-hydrogen) atoms. The van der Waals surface area contributed by atoms with Gasteiger partial charge in [0.1, 0.15) is 6.10 Å². The molecule has 4 nitrogen and oxygen atoms in total. The van der Waals surface area contributed by atoms with Crippen molar-refractivity contribution in [2.24, 2.45) is 0 Å². The molecule has 0 bridgehead atoms. The van der Waals surface area contributed by atoms with Crippen molar-refractivity contribution in [3.05, 3.63) is 35.5 Å². The van der Waals surface area contributed by atoms with Gasteiger partial charge in [0.05, 0.1) is 11.0 Å². The minimum absolute atomic E-state index is 0.0267. The SMILES string of the molecule is C=CCCC(=O)N1CCC(Oc2ncccc2Br)C1. The van der Waals surface area contributed by atoms with Crippen molar-refractivity contribution >= 4 is 21.8 Å². The Morgan fingerprint density at radius 3 is 3.26 bits per heavy atom. The van der Waals surface area contributed by atoms with Gasteiger partial charge in [-0.1, -0.05) is 6.08 Å². The van der Waals surface area contributed by atoms with Crippen molar-refractivity contribution < 1.29 is 9.53 Å². The van der Waals surface area contributed by atoms with Gasteiger partial charge >= 0.3 is 0 Å². The van der Waals surface area contributed by atoms with Gasteiger partial charge in [-0.15, -0.1) is 6.58 Å². The van der Waals surface area contributed by atoms with E-state index in [0.29, 0.717) is 18.8 Å². The third kappa shape index (κ3) is 3.80. The minimum atomic E-state index is 0.0267. The third-order valence-electron chi connectivity index (χ3n) is 3.06. The van der Waals surface area contributed by atoms with Crippen molar-refractivity contribution in [1.82, 2.24) is 9.88 Å². The summed E-state index contributed by atoms with van der Waals surface area (Å²) in [5.74, 6) is 0.763. The Morgan fingerprint density at radius 1 is 1.68 bits per heavy atom. The predicted octanol–water partition coefficient (Wildman–Crippen LogP) is 2.79. The highest BCUT2D eigenvalue weighted by atomic mass is 79.9. The number of amides is 1. The molecule has 0 radical (unpaired) electrons. The normalized spacial score (nSPS) is 18.4. The first kappa shape index (κ1) is 14.1. The third-order valence-corrected chi connectivity index (χ3v) is 3.67. The summed E-state index contributed by atoms with van der Waals surface area (Å²) in [5.41, 5.74) is 0. The molecule has 0 aliphatic carbocycles. The van der Waals surface area contributed by atoms with E-state index < -0.39 is 0 Å². The molecule has 0 saturated carbocycles. The van der Waals surface area contributed by atoms with E-state index >= 15 is 0 Å². The van der Waals surface area contributed by atoms with Crippen LogP contribution in [0.4, 0.5) is 0 Å². The molecule has 1 unspecified atom stereocenters. The van der Waals surface area contributed by atoms with Gasteiger partial charge < -0.3 is 9.64 Å². The number of hydrogen-bond acceptors (Lipinski definition) is 3. The van der Waals surface area contributed by atoms with Gasteiger partial charge in [0.15, 0.2) is 0 Å². The molecule has 102 valence electrons. The Balaban J connectivity index is 1.87. The summed E-state index contributed by atoms with van der Waals surface area (Å²) in [4.78, 5) is 17.9. The van der Waals surface area contributed by atoms with Gasteiger partial charge in [-0.05, 0) is 34.5 Å². The fraction of sp³-hybridized carbons (Fsp3) is 0.429. The number of ether oxygens (including phenoxy) is 1. The van der Waals surface area contributed by atoms with Crippen LogP contribution in [0.2, 0.25) is 0 Å². The summed E-state index contributed by atoms with van der Waals surface area (Å²) < 4.78 is 6.66. The fourth-order valence-corrected chi connectivity index (χ4v) is 2.40. The van der Waals surface area contributed by atoms with Crippen molar-refractivity contribution in [3.63, 3.8) is 0 Å². The lowest BCUT2D eigenvalue weighted by Gasteiger charge is -2.17. The van der Waals surface area contributed by atoms with E-state index in [2.05, 4.69) is 27.5 Å². The molecule has 1 saturated heterocycles. The van der Waals surface area contributed by atoms with Crippen LogP contribution in [0.3, 0.4) is 0 Å². The predicted molar refractivity (Wildman–Crippen MR) is 77.0 cm³/mol. The number of hydrogen-bond donors (Lipinski definition) is 0. The number of carbonyl (C=O) groups excluding carboxylic acids is 1. The number of rotatable bonds is 5. The second-order valence-electron chi connectivity index (χ2n) is 4.49. The second kappa shape index (κ2) is 6.70. The maximum absolute atomic E-state index is 11.9. The molecule has 1 aliphatic heterocycles. The first-order chi connectivity index (χ1) is 9.20. The van der Waals surface area contributed by atoms with Gasteiger partial charge in [0, 0.05) is 25.6 Å². The molecule has 2 rings (SSSR count). The van der Waals surface area contributed by atoms with Crippen molar-refractivity contribution in [2.75, 3.05) is 13.1 Å². The van der Waals surface area contributed by atoms with Crippen molar-refractivity contribution in [3.8, 4) is 5.88 Å². The number of halogens is 1. The smallest absolute Gasteiger partial charge is 0.228 e. The van der Waals surface area contributed by atoms with Crippen LogP contribution in [0.1, 0.15) is 19.3 Å². The molecule has 1 atom stereocenters. The van der Waals surface area contributed by atoms with E-state index in [1.54, 1.807) is 12.3 Å². The Labute approximate surface area is 121 Å². The number of likely N-dealkylation sites (tertiary alicyclic amines) is 1. The second-order valence-corrected chi connectivity index (χ2v) is 5.34. The molecule has 1 amide bonds. The summed E-state index contributed by atoms with van der Waals surface area (Å²) in [7, 11) is 0. The topological polar surface area (TPSA) is 42.4 Å². The summed E-state index contributed by atoms with van der Waals surface area (Å²) in [6, 6.07) is 3.74. The van der Waals surface area contributed by atoms with Crippen LogP contribution in [0.25, 0.3) is 0 Å². The monoisotopic (exact) mass is 324 g/mol. The average Bonchev–Trinajstić information content (AvgIpc) is 2.87. The molecule has 1 aromatic rings. The molecule has 1 aromatic heterocycles. The standard InChI is InChI=1S/C14H17BrN2O2/c1-2-3-6-13(18)17-9-7-11(10-17)19-14-12(15)5-4-8-16-14/h2,4-5,8,11H,1,3,6-7,9-10H2. The van der Waals surface area contributed by atoms with Gasteiger partial charge in [-0.25, -0.2) is 4.98 Å². The van der Waals surface area contributed by atoms with Gasteiger partial charge in [0.25, 0.3) is 0 Å². The molecule has 0 aromatic carbocycles. The fourth-order valence-electron chi connectivity index (χ4n) is 2.05. The largest absolute Gasteiger partial charge is 0.472 e. The van der Waals surface area contributed by atoms with Gasteiger partial charge in [-0.3, -0.25) is 4.79 Å². The lowest BCUT2D eigenvalue weighted by Crippen LogP contribution is -2.30. The highest BCUT2D eigenvalue weighted by molar-refractivity contribution is 9.10. The summed E-state index contributed by atoms with van der Waals surface area (Å²) in [5, 5.41) is 0. The van der Waals surface area contributed by atoms with E-state index in [9.17, 15) is 4.79 Å². The number of carbonyl (C=O) groups is 1. The van der Waals surface area contributed by atoms with Gasteiger partial charge in [0.2, 0.25) is 11.8 Å². The zero-order valence-electron chi connectivity index (χ0n) is 10.7. The maximum Gasteiger partial charge on any atom is 0.228 e. The highest BCUT2D eigenvalue weighted by Crippen LogP contribution is 2.24. The first-order valence-electron chi connectivity index (χ1n) is 6.36. The van der Waals surface area contributed by atoms with Gasteiger partial charge in [-0.2, -0.15) is 0 Å². The molecule has 0 N–H and O–H groups in total. The van der Waals surface area contributed by atoms with Crippen LogP contribution in [-0.2, 0) is 4.79 Å². The van der Waals surface area contributed by atoms with Crippen LogP contribution in [0, 0.1) is 0 Å². The minimum Gasteiger partial charge on any atom is -0.472 e. The quantitative estimate of drug-likeness (QED) is 0.782. The van der Waals surface area contributed by atoms with E-state index in [4.69, 9.17) is 4.74 Å². The Bertz CT molecular complexity index is 465. The van der Waals surface area contributed by atoms with Crippen molar-refractivity contribution in [2.45, 2.75) is 25.4 Å². The molecule has 5 heteroatoms. The summed E-state index contributed by atoms with van der Waals surface area (Å²) in [6.07, 6.45) is 5.60. The average molecular weight is 325 g/mol. The van der Waals surface area contributed by atoms with E-state index in [0.717, 1.165) is 23.9 Å². The summed E-state index contributed by atoms with van der Waals surface area (Å²) >= 11 is 3.40. The summed E-state index contributed by atoms with van der Waals surface area (Å²) in [6.45, 7) is 5.02. The lowest BCUT2D eigenvalue weighted by atomic mass is 10.3. The highest BCUT2D eigenvalue weighted by Gasteiger charge is 2.27. The zero-order chi connectivity index (χ0) is 13.7. The Kier molecular flexibility index (Phi) is 4.96. The van der Waals surface area contributed by atoms with E-state index in [1.165, 1.54) is 0 Å². The zero-order valence-corrected chi connectivity index (χ0v) is 12.3. The van der Waals surface area contributed by atoms with E-state index in [-0.39, 0.29) is 12.0 Å². The number of pyridine rings is 1. The molecular formula is C14H17BrN2O2. The molecule has 1 aliphatic rings. The molecule has 2 heterocycles. The first-order valence-corrected chi connectivity index (χ1v) is 7.16. The number of allylic oxidation sites excluding steroid dienone is 1. The van der Waals surface area contributed by atoms with Crippen LogP contribution in [0.15, 0.2) is 35.5 Å². The Hall–Kier alpha value is -1.36. The molecule has 0 spiro atoms. The number of aromatic nitrogens is 1. The molecular weight excluding hydrogens is 308 g/mol. The van der Waals surface area contributed by atoms with Crippen LogP contribution < -0.4 is 4.74 Å². The lowest BCUT2D eigenvalue weighted by molar-refractivity contribution is -0.130. The van der Waals surface area contributed by atoms with Crippen LogP contribution in [0.5, 0.6) is 5.88 Å². The van der Waals surface area contributed by atoms with E-state index in [1.807, 2.05) is 17.0 Å². The van der Waals surface area contributed by atoms with Crippen LogP contribution >= 0.6 is 15.9 Å². The van der Waals surface area contributed by atoms with Crippen LogP contribution in [-0.4, -0.2) is 35.0 Å².